The molecular formula is C39H51N3O6S2. The Morgan fingerprint density at radius 1 is 0.900 bits per heavy atom. The molecule has 0 amide bonds. The van der Waals surface area contributed by atoms with Crippen molar-refractivity contribution in [3.63, 3.8) is 0 Å². The van der Waals surface area contributed by atoms with Gasteiger partial charge in [0.15, 0.2) is 0 Å². The average Bonchev–Trinajstić information content (AvgIpc) is 3.09. The topological polar surface area (TPSA) is 139 Å². The molecule has 3 aliphatic heterocycles. The predicted octanol–water partition coefficient (Wildman–Crippen LogP) is 5.49. The van der Waals surface area contributed by atoms with Gasteiger partial charge in [0.1, 0.15) is 16.4 Å². The number of nitrogens with two attached hydrogens (primary N) is 1. The van der Waals surface area contributed by atoms with Crippen LogP contribution in [-0.2, 0) is 45.8 Å². The summed E-state index contributed by atoms with van der Waals surface area (Å²) in [7, 11) is -8.94. The summed E-state index contributed by atoms with van der Waals surface area (Å²) in [4.78, 5) is 1.77. The van der Waals surface area contributed by atoms with Crippen LogP contribution in [0.5, 0.6) is 11.5 Å². The molecule has 50 heavy (non-hydrogen) atoms. The molecule has 3 aliphatic rings. The van der Waals surface area contributed by atoms with E-state index in [1.807, 2.05) is 0 Å². The van der Waals surface area contributed by atoms with Crippen molar-refractivity contribution in [2.45, 2.75) is 107 Å². The Kier molecular flexibility index (Phi) is 11.1. The highest BCUT2D eigenvalue weighted by molar-refractivity contribution is 7.89. The molecule has 0 radical (unpaired) electrons. The van der Waals surface area contributed by atoms with E-state index in [9.17, 15) is 21.4 Å². The monoisotopic (exact) mass is 721 g/mol. The molecule has 6 rings (SSSR count). The summed E-state index contributed by atoms with van der Waals surface area (Å²) >= 11 is 0. The highest BCUT2D eigenvalue weighted by Gasteiger charge is 2.35. The fourth-order valence-corrected chi connectivity index (χ4v) is 9.73. The Balaban J connectivity index is 1.65. The van der Waals surface area contributed by atoms with Gasteiger partial charge in [0, 0.05) is 58.4 Å². The zero-order valence-electron chi connectivity index (χ0n) is 29.4. The second-order valence-corrected chi connectivity index (χ2v) is 17.0. The molecule has 0 saturated heterocycles. The lowest BCUT2D eigenvalue weighted by molar-refractivity contribution is 0.452. The molecule has 0 unspecified atom stereocenters. The number of aryl methyl sites for hydroxylation is 2. The maximum atomic E-state index is 13.4. The Hall–Kier alpha value is -3.22. The van der Waals surface area contributed by atoms with Crippen molar-refractivity contribution >= 4 is 38.0 Å². The molecule has 4 N–H and O–H groups in total. The van der Waals surface area contributed by atoms with Gasteiger partial charge in [0.05, 0.1) is 4.90 Å². The number of benzene rings is 3. The third-order valence-corrected chi connectivity index (χ3v) is 12.7. The highest BCUT2D eigenvalue weighted by Crippen LogP contribution is 2.49. The molecule has 0 bridgehead atoms. The molecular weight excluding hydrogens is 671 g/mol. The van der Waals surface area contributed by atoms with E-state index in [1.165, 1.54) is 23.4 Å². The number of unbranched alkanes of at least 4 members (excludes halogenated alkanes) is 4. The maximum absolute atomic E-state index is 13.4. The first-order chi connectivity index (χ1) is 24.0. The first kappa shape index (κ1) is 36.6. The number of nitrogens with one attached hydrogen (secondary N) is 1. The third-order valence-electron chi connectivity index (χ3n) is 10.4. The molecule has 0 saturated carbocycles. The van der Waals surface area contributed by atoms with Crippen LogP contribution < -0.4 is 30.5 Å². The minimum Gasteiger partial charge on any atom is -0.455 e. The van der Waals surface area contributed by atoms with Crippen molar-refractivity contribution in [3.8, 4) is 11.5 Å². The Morgan fingerprint density at radius 3 is 2.36 bits per heavy atom. The quantitative estimate of drug-likeness (QED) is 0.108. The Bertz CT molecular complexity index is 2110. The molecule has 0 aliphatic carbocycles. The summed E-state index contributed by atoms with van der Waals surface area (Å²) in [6.45, 7) is 11.5. The van der Waals surface area contributed by atoms with Crippen LogP contribution in [0.1, 0.15) is 105 Å². The average molecular weight is 722 g/mol. The molecule has 3 aromatic rings. The van der Waals surface area contributed by atoms with Gasteiger partial charge in [-0.3, -0.25) is 4.55 Å². The van der Waals surface area contributed by atoms with Gasteiger partial charge in [-0.2, -0.15) is 8.42 Å². The summed E-state index contributed by atoms with van der Waals surface area (Å²) in [5.41, 5.74) is 12.9. The van der Waals surface area contributed by atoms with Crippen molar-refractivity contribution in [1.82, 2.24) is 4.72 Å². The second-order valence-electron chi connectivity index (χ2n) is 13.9. The normalized spacial score (nSPS) is 15.4. The number of sulfonamides is 1. The van der Waals surface area contributed by atoms with E-state index in [0.29, 0.717) is 30.0 Å². The van der Waals surface area contributed by atoms with Crippen LogP contribution in [0.2, 0.25) is 0 Å². The summed E-state index contributed by atoms with van der Waals surface area (Å²) in [6, 6.07) is 8.28. The van der Waals surface area contributed by atoms with Crippen LogP contribution >= 0.6 is 0 Å². The minimum absolute atomic E-state index is 0.195. The summed E-state index contributed by atoms with van der Waals surface area (Å²) in [5.74, 6) is 1.39. The number of nitrogens with zero attached hydrogens (tertiary/aromatic N) is 1. The molecule has 0 aromatic heterocycles. The first-order valence-electron chi connectivity index (χ1n) is 18.3. The number of ether oxygens (including phenoxy) is 1. The molecule has 0 fully saturated rings. The second kappa shape index (κ2) is 15.2. The van der Waals surface area contributed by atoms with Crippen LogP contribution in [-0.4, -0.2) is 47.6 Å². The molecule has 270 valence electrons. The third kappa shape index (κ3) is 7.12. The van der Waals surface area contributed by atoms with Gasteiger partial charge in [0.2, 0.25) is 10.0 Å². The minimum atomic E-state index is -4.88. The lowest BCUT2D eigenvalue weighted by Gasteiger charge is -2.39. The lowest BCUT2D eigenvalue weighted by atomic mass is 9.83. The summed E-state index contributed by atoms with van der Waals surface area (Å²) < 4.78 is 73.7. The Morgan fingerprint density at radius 2 is 1.64 bits per heavy atom. The number of fused-ring (bicyclic) bond motifs is 3. The Labute approximate surface area is 297 Å². The molecule has 3 aromatic carbocycles. The van der Waals surface area contributed by atoms with Crippen LogP contribution in [0.3, 0.4) is 0 Å². The van der Waals surface area contributed by atoms with E-state index >= 15 is 0 Å². The van der Waals surface area contributed by atoms with Gasteiger partial charge in [0.25, 0.3) is 10.1 Å². The highest BCUT2D eigenvalue weighted by atomic mass is 32.2. The zero-order valence-corrected chi connectivity index (χ0v) is 31.1. The number of rotatable bonds is 15. The van der Waals surface area contributed by atoms with Crippen molar-refractivity contribution < 1.29 is 26.1 Å². The predicted molar refractivity (Wildman–Crippen MR) is 200 cm³/mol. The molecule has 9 nitrogen and oxygen atoms in total. The SMILES string of the molecule is C=c1c(CCCC)cc2c(c1CCCC)Oc1c(cc3c4c1CCCN4CCC3)C=2c1ccc(S(=O)(=O)NCCCCCN)cc1S(=O)(=O)O. The van der Waals surface area contributed by atoms with Crippen LogP contribution in [0.25, 0.3) is 12.2 Å². The molecule has 0 spiro atoms. The van der Waals surface area contributed by atoms with Crippen LogP contribution in [0.15, 0.2) is 40.1 Å². The summed E-state index contributed by atoms with van der Waals surface area (Å²) in [5, 5.41) is 1.70. The van der Waals surface area contributed by atoms with Crippen LogP contribution in [0, 0.1) is 0 Å². The zero-order chi connectivity index (χ0) is 35.6. The van der Waals surface area contributed by atoms with Crippen molar-refractivity contribution in [3.05, 3.63) is 74.1 Å². The van der Waals surface area contributed by atoms with Crippen molar-refractivity contribution in [2.75, 3.05) is 31.1 Å². The van der Waals surface area contributed by atoms with E-state index in [-0.39, 0.29) is 17.0 Å². The van der Waals surface area contributed by atoms with Crippen LogP contribution in [0.4, 0.5) is 5.69 Å². The van der Waals surface area contributed by atoms with Gasteiger partial charge in [-0.15, -0.1) is 0 Å². The van der Waals surface area contributed by atoms with Gasteiger partial charge in [-0.1, -0.05) is 45.8 Å². The van der Waals surface area contributed by atoms with Gasteiger partial charge in [-0.05, 0) is 111 Å². The smallest absolute Gasteiger partial charge is 0.295 e. The van der Waals surface area contributed by atoms with E-state index in [0.717, 1.165) is 129 Å². The molecule has 3 heterocycles. The number of hydrogen-bond acceptors (Lipinski definition) is 7. The van der Waals surface area contributed by atoms with E-state index in [4.69, 9.17) is 10.5 Å². The van der Waals surface area contributed by atoms with E-state index < -0.39 is 25.0 Å². The first-order valence-corrected chi connectivity index (χ1v) is 21.2. The lowest BCUT2D eigenvalue weighted by Crippen LogP contribution is -2.35. The standard InChI is InChI=1S/C39H51N3O6S2/c1-4-6-13-27-23-33-36(31-18-17-29(25-35(31)50(45,46)47)49(43,44)41-20-10-8-9-19-40)34-24-28-14-11-21-42-22-12-16-32(37(28)42)39(34)48-38(33)30(26(27)3)15-7-5-2/h17-18,23-25,41H,3-16,19-22,40H2,1-2H3,(H,45,46,47). The molecule has 11 heteroatoms. The van der Waals surface area contributed by atoms with E-state index in [2.05, 4.69) is 42.2 Å². The summed E-state index contributed by atoms with van der Waals surface area (Å²) in [6.07, 6.45) is 11.4. The fraction of sp³-hybridized carbons (Fsp3) is 0.487. The number of anilines is 1. The maximum Gasteiger partial charge on any atom is 0.295 e. The van der Waals surface area contributed by atoms with Gasteiger partial charge >= 0.3 is 0 Å². The van der Waals surface area contributed by atoms with Gasteiger partial charge in [-0.25, -0.2) is 13.1 Å². The van der Waals surface area contributed by atoms with Crippen molar-refractivity contribution in [2.24, 2.45) is 5.73 Å². The number of hydrogen-bond donors (Lipinski definition) is 3. The van der Waals surface area contributed by atoms with E-state index in [1.54, 1.807) is 0 Å². The van der Waals surface area contributed by atoms with Gasteiger partial charge < -0.3 is 15.4 Å². The molecule has 0 atom stereocenters. The fourth-order valence-electron chi connectivity index (χ4n) is 7.83. The largest absolute Gasteiger partial charge is 0.455 e. The van der Waals surface area contributed by atoms with Crippen molar-refractivity contribution in [1.29, 1.82) is 0 Å².